The predicted octanol–water partition coefficient (Wildman–Crippen LogP) is 1.83. The largest absolute Gasteiger partial charge is 0.473 e. The summed E-state index contributed by atoms with van der Waals surface area (Å²) in [5.41, 5.74) is 2.08. The van der Waals surface area contributed by atoms with Gasteiger partial charge in [0.25, 0.3) is 0 Å². The fourth-order valence-electron chi connectivity index (χ4n) is 2.21. The van der Waals surface area contributed by atoms with E-state index in [4.69, 9.17) is 4.74 Å². The highest BCUT2D eigenvalue weighted by atomic mass is 16.5. The molecule has 18 heavy (non-hydrogen) atoms. The van der Waals surface area contributed by atoms with E-state index in [9.17, 15) is 0 Å². The smallest absolute Gasteiger partial charge is 0.212 e. The minimum atomic E-state index is 0.268. The van der Waals surface area contributed by atoms with Gasteiger partial charge < -0.3 is 10.1 Å². The summed E-state index contributed by atoms with van der Waals surface area (Å²) in [6, 6.07) is 12.2. The molecule has 0 aliphatic carbocycles. The van der Waals surface area contributed by atoms with Crippen molar-refractivity contribution in [2.75, 3.05) is 13.1 Å². The first kappa shape index (κ1) is 11.3. The van der Waals surface area contributed by atoms with Crippen LogP contribution < -0.4 is 10.1 Å². The first-order valence-electron chi connectivity index (χ1n) is 6.30. The first-order chi connectivity index (χ1) is 8.83. The second-order valence-corrected chi connectivity index (χ2v) is 4.59. The molecule has 0 amide bonds. The van der Waals surface area contributed by atoms with E-state index in [1.807, 2.05) is 31.3 Å². The average molecular weight is 243 g/mol. The Labute approximate surface area is 107 Å². The van der Waals surface area contributed by atoms with Crippen molar-refractivity contribution in [2.45, 2.75) is 12.5 Å². The van der Waals surface area contributed by atoms with Crippen LogP contribution in [0.2, 0.25) is 0 Å². The van der Waals surface area contributed by atoms with E-state index in [1.165, 1.54) is 0 Å². The fraction of sp³-hybridized carbons (Fsp3) is 0.357. The van der Waals surface area contributed by atoms with E-state index < -0.39 is 0 Å². The molecule has 0 bridgehead atoms. The number of nitrogens with zero attached hydrogens (tertiary/aromatic N) is 2. The number of aromatic nitrogens is 2. The molecule has 1 N–H and O–H groups in total. The molecule has 1 aliphatic rings. The number of nitrogens with one attached hydrogen (secondary N) is 1. The minimum Gasteiger partial charge on any atom is -0.473 e. The molecule has 1 unspecified atom stereocenters. The predicted molar refractivity (Wildman–Crippen MR) is 70.5 cm³/mol. The molecule has 1 atom stereocenters. The van der Waals surface area contributed by atoms with Crippen LogP contribution in [0.4, 0.5) is 0 Å². The molecule has 94 valence electrons. The molecule has 4 nitrogen and oxygen atoms in total. The summed E-state index contributed by atoms with van der Waals surface area (Å²) in [4.78, 5) is 0. The van der Waals surface area contributed by atoms with Crippen LogP contribution in [0.25, 0.3) is 11.3 Å². The highest BCUT2D eigenvalue weighted by molar-refractivity contribution is 5.59. The number of hydrogen-bond donors (Lipinski definition) is 1. The zero-order chi connectivity index (χ0) is 12.4. The van der Waals surface area contributed by atoms with Gasteiger partial charge in [0.15, 0.2) is 0 Å². The highest BCUT2D eigenvalue weighted by Crippen LogP contribution is 2.23. The third kappa shape index (κ3) is 2.24. The quantitative estimate of drug-likeness (QED) is 0.894. The maximum atomic E-state index is 5.95. The average Bonchev–Trinajstić information content (AvgIpc) is 3.02. The normalized spacial score (nSPS) is 19.1. The Kier molecular flexibility index (Phi) is 3.02. The summed E-state index contributed by atoms with van der Waals surface area (Å²) in [5.74, 6) is 0.836. The molecule has 3 rings (SSSR count). The third-order valence-electron chi connectivity index (χ3n) is 3.21. The van der Waals surface area contributed by atoms with Crippen molar-refractivity contribution in [2.24, 2.45) is 7.05 Å². The van der Waals surface area contributed by atoms with Gasteiger partial charge in [0.2, 0.25) is 5.88 Å². The zero-order valence-electron chi connectivity index (χ0n) is 10.5. The Balaban J connectivity index is 1.82. The second-order valence-electron chi connectivity index (χ2n) is 4.59. The summed E-state index contributed by atoms with van der Waals surface area (Å²) in [5, 5.41) is 7.79. The number of hydrogen-bond acceptors (Lipinski definition) is 3. The lowest BCUT2D eigenvalue weighted by atomic mass is 10.2. The fourth-order valence-corrected chi connectivity index (χ4v) is 2.21. The van der Waals surface area contributed by atoms with Gasteiger partial charge in [0, 0.05) is 25.2 Å². The summed E-state index contributed by atoms with van der Waals surface area (Å²) >= 11 is 0. The molecule has 4 heteroatoms. The van der Waals surface area contributed by atoms with Gasteiger partial charge in [-0.1, -0.05) is 30.3 Å². The zero-order valence-corrected chi connectivity index (χ0v) is 10.5. The number of rotatable bonds is 3. The van der Waals surface area contributed by atoms with Crippen molar-refractivity contribution < 1.29 is 4.74 Å². The maximum Gasteiger partial charge on any atom is 0.212 e. The van der Waals surface area contributed by atoms with Crippen LogP contribution in [0.15, 0.2) is 36.4 Å². The molecule has 2 aromatic rings. The summed E-state index contributed by atoms with van der Waals surface area (Å²) in [6.07, 6.45) is 1.33. The van der Waals surface area contributed by atoms with Crippen molar-refractivity contribution >= 4 is 0 Å². The standard InChI is InChI=1S/C14H17N3O/c1-17-14(18-12-7-8-15-10-12)9-13(16-17)11-5-3-2-4-6-11/h2-6,9,12,15H,7-8,10H2,1H3. The third-order valence-corrected chi connectivity index (χ3v) is 3.21. The van der Waals surface area contributed by atoms with Crippen molar-refractivity contribution in [3.05, 3.63) is 36.4 Å². The highest BCUT2D eigenvalue weighted by Gasteiger charge is 2.18. The minimum absolute atomic E-state index is 0.268. The lowest BCUT2D eigenvalue weighted by Crippen LogP contribution is -2.20. The monoisotopic (exact) mass is 243 g/mol. The molecular formula is C14H17N3O. The van der Waals surface area contributed by atoms with Crippen LogP contribution in [0.5, 0.6) is 5.88 Å². The van der Waals surface area contributed by atoms with Gasteiger partial charge in [-0.2, -0.15) is 5.10 Å². The van der Waals surface area contributed by atoms with Crippen LogP contribution in [0.1, 0.15) is 6.42 Å². The van der Waals surface area contributed by atoms with E-state index in [-0.39, 0.29) is 6.10 Å². The molecule has 1 aromatic heterocycles. The molecule has 0 spiro atoms. The number of benzene rings is 1. The van der Waals surface area contributed by atoms with E-state index in [0.29, 0.717) is 0 Å². The van der Waals surface area contributed by atoms with E-state index >= 15 is 0 Å². The lowest BCUT2D eigenvalue weighted by molar-refractivity contribution is 0.204. The molecule has 0 radical (unpaired) electrons. The van der Waals surface area contributed by atoms with Crippen molar-refractivity contribution in [1.29, 1.82) is 0 Å². The van der Waals surface area contributed by atoms with Crippen molar-refractivity contribution in [1.82, 2.24) is 15.1 Å². The summed E-state index contributed by atoms with van der Waals surface area (Å²) in [6.45, 7) is 1.96. The Hall–Kier alpha value is -1.81. The second kappa shape index (κ2) is 4.82. The Bertz CT molecular complexity index is 515. The molecular weight excluding hydrogens is 226 g/mol. The van der Waals surface area contributed by atoms with Crippen LogP contribution in [-0.2, 0) is 7.05 Å². The van der Waals surface area contributed by atoms with Gasteiger partial charge in [-0.15, -0.1) is 0 Å². The van der Waals surface area contributed by atoms with E-state index in [0.717, 1.165) is 36.6 Å². The van der Waals surface area contributed by atoms with Crippen LogP contribution in [0, 0.1) is 0 Å². The van der Waals surface area contributed by atoms with Crippen LogP contribution >= 0.6 is 0 Å². The first-order valence-corrected chi connectivity index (χ1v) is 6.30. The maximum absolute atomic E-state index is 5.95. The van der Waals surface area contributed by atoms with Gasteiger partial charge in [-0.3, -0.25) is 0 Å². The van der Waals surface area contributed by atoms with Gasteiger partial charge in [-0.05, 0) is 13.0 Å². The molecule has 1 aliphatic heterocycles. The Morgan fingerprint density at radius 1 is 1.33 bits per heavy atom. The van der Waals surface area contributed by atoms with E-state index in [2.05, 4.69) is 22.5 Å². The van der Waals surface area contributed by atoms with Gasteiger partial charge >= 0.3 is 0 Å². The molecule has 1 aromatic carbocycles. The summed E-state index contributed by atoms with van der Waals surface area (Å²) < 4.78 is 7.75. The topological polar surface area (TPSA) is 39.1 Å². The number of aryl methyl sites for hydroxylation is 1. The molecule has 1 saturated heterocycles. The Morgan fingerprint density at radius 2 is 2.17 bits per heavy atom. The SMILES string of the molecule is Cn1nc(-c2ccccc2)cc1OC1CCNC1. The molecule has 1 fully saturated rings. The Morgan fingerprint density at radius 3 is 2.89 bits per heavy atom. The van der Waals surface area contributed by atoms with Gasteiger partial charge in [0.1, 0.15) is 6.10 Å². The summed E-state index contributed by atoms with van der Waals surface area (Å²) in [7, 11) is 1.92. The number of ether oxygens (including phenoxy) is 1. The van der Waals surface area contributed by atoms with Crippen molar-refractivity contribution in [3.8, 4) is 17.1 Å². The lowest BCUT2D eigenvalue weighted by Gasteiger charge is -2.11. The van der Waals surface area contributed by atoms with Crippen LogP contribution in [0.3, 0.4) is 0 Å². The van der Waals surface area contributed by atoms with E-state index in [1.54, 1.807) is 4.68 Å². The van der Waals surface area contributed by atoms with Crippen molar-refractivity contribution in [3.63, 3.8) is 0 Å². The van der Waals surface area contributed by atoms with Gasteiger partial charge in [-0.25, -0.2) is 4.68 Å². The molecule has 2 heterocycles. The van der Waals surface area contributed by atoms with Gasteiger partial charge in [0.05, 0.1) is 5.69 Å². The molecule has 0 saturated carbocycles. The van der Waals surface area contributed by atoms with Crippen LogP contribution in [-0.4, -0.2) is 29.0 Å².